The van der Waals surface area contributed by atoms with E-state index < -0.39 is 17.3 Å². The molecule has 0 aliphatic carbocycles. The van der Waals surface area contributed by atoms with Crippen LogP contribution in [-0.4, -0.2) is 16.9 Å². The fraction of sp³-hybridized carbons (Fsp3) is 0.125. The Morgan fingerprint density at radius 2 is 2.19 bits per heavy atom. The Bertz CT molecular complexity index is 526. The summed E-state index contributed by atoms with van der Waals surface area (Å²) in [5, 5.41) is 2.12. The molecule has 0 aliphatic heterocycles. The number of carbonyl (C=O) groups excluding carboxylic acids is 2. The van der Waals surface area contributed by atoms with Crippen LogP contribution in [0.25, 0.3) is 0 Å². The van der Waals surface area contributed by atoms with Crippen LogP contribution in [0.2, 0.25) is 0 Å². The normalized spacial score (nSPS) is 9.94. The molecule has 8 heteroatoms. The largest absolute Gasteiger partial charge is 0.365 e. The summed E-state index contributed by atoms with van der Waals surface area (Å²) in [5.41, 5.74) is 3.74. The Morgan fingerprint density at radius 1 is 1.62 bits per heavy atom. The molecule has 0 saturated heterocycles. The zero-order chi connectivity index (χ0) is 12.5. The van der Waals surface area contributed by atoms with Gasteiger partial charge < -0.3 is 11.1 Å². The van der Waals surface area contributed by atoms with Crippen LogP contribution in [0, 0.1) is 5.82 Å². The maximum Gasteiger partial charge on any atom is 0.289 e. The number of nitrogens with zero attached hydrogens (tertiary/aromatic N) is 1. The number of rotatable bonds is 3. The Labute approximate surface area is 97.4 Å². The molecule has 1 aromatic rings. The van der Waals surface area contributed by atoms with E-state index in [0.29, 0.717) is 0 Å². The number of anilines is 1. The molecular formula is C8H7BrFN3O3. The fourth-order valence-electron chi connectivity index (χ4n) is 1.17. The van der Waals surface area contributed by atoms with E-state index in [4.69, 9.17) is 5.73 Å². The number of halogens is 2. The van der Waals surface area contributed by atoms with Gasteiger partial charge in [-0.1, -0.05) is 0 Å². The van der Waals surface area contributed by atoms with E-state index in [-0.39, 0.29) is 22.3 Å². The number of hydrogen-bond acceptors (Lipinski definition) is 3. The van der Waals surface area contributed by atoms with Gasteiger partial charge in [-0.2, -0.15) is 4.39 Å². The zero-order valence-corrected chi connectivity index (χ0v) is 9.67. The van der Waals surface area contributed by atoms with Gasteiger partial charge in [-0.15, -0.1) is 0 Å². The average Bonchev–Trinajstić information content (AvgIpc) is 2.23. The summed E-state index contributed by atoms with van der Waals surface area (Å²) < 4.78 is 13.7. The van der Waals surface area contributed by atoms with Crippen molar-refractivity contribution in [1.29, 1.82) is 0 Å². The second-order valence-electron chi connectivity index (χ2n) is 2.84. The number of nitrogens with two attached hydrogens (primary N) is 1. The molecule has 0 fully saturated rings. The molecule has 0 bridgehead atoms. The van der Waals surface area contributed by atoms with Crippen molar-refractivity contribution in [2.45, 2.75) is 0 Å². The van der Waals surface area contributed by atoms with Crippen molar-refractivity contribution in [3.05, 3.63) is 26.2 Å². The molecular weight excluding hydrogens is 285 g/mol. The summed E-state index contributed by atoms with van der Waals surface area (Å²) >= 11 is 2.74. The first-order valence-corrected chi connectivity index (χ1v) is 4.79. The zero-order valence-electron chi connectivity index (χ0n) is 8.08. The van der Waals surface area contributed by atoms with Gasteiger partial charge in [-0.3, -0.25) is 19.0 Å². The molecule has 86 valence electrons. The van der Waals surface area contributed by atoms with Crippen LogP contribution in [0.3, 0.4) is 0 Å². The average molecular weight is 292 g/mol. The minimum atomic E-state index is -1.15. The number of carbonyl (C=O) groups is 2. The molecule has 1 heterocycles. The van der Waals surface area contributed by atoms with Crippen LogP contribution in [0.5, 0.6) is 0 Å². The van der Waals surface area contributed by atoms with E-state index in [9.17, 15) is 18.8 Å². The van der Waals surface area contributed by atoms with Crippen LogP contribution in [0.1, 0.15) is 10.4 Å². The van der Waals surface area contributed by atoms with Gasteiger partial charge in [0.05, 0.1) is 10.0 Å². The molecule has 3 N–H and O–H groups in total. The second kappa shape index (κ2) is 4.44. The topological polar surface area (TPSA) is 94.2 Å². The minimum Gasteiger partial charge on any atom is -0.365 e. The van der Waals surface area contributed by atoms with E-state index in [1.807, 2.05) is 0 Å². The Kier molecular flexibility index (Phi) is 3.43. The van der Waals surface area contributed by atoms with Crippen LogP contribution in [0.4, 0.5) is 10.2 Å². The summed E-state index contributed by atoms with van der Waals surface area (Å²) in [6, 6.07) is 0. The van der Waals surface area contributed by atoms with Crippen molar-refractivity contribution in [1.82, 2.24) is 4.57 Å². The number of pyridine rings is 1. The lowest BCUT2D eigenvalue weighted by Gasteiger charge is -2.12. The van der Waals surface area contributed by atoms with Gasteiger partial charge in [-0.25, -0.2) is 0 Å². The van der Waals surface area contributed by atoms with Gasteiger partial charge in [0.1, 0.15) is 5.82 Å². The predicted molar refractivity (Wildman–Crippen MR) is 57.5 cm³/mol. The molecule has 0 atom stereocenters. The number of nitrogens with one attached hydrogen (secondary N) is 1. The molecule has 0 aromatic carbocycles. The van der Waals surface area contributed by atoms with E-state index in [1.165, 1.54) is 7.05 Å². The first kappa shape index (κ1) is 12.4. The summed E-state index contributed by atoms with van der Waals surface area (Å²) in [7, 11) is 1.20. The van der Waals surface area contributed by atoms with Crippen LogP contribution in [-0.2, 0) is 11.8 Å². The van der Waals surface area contributed by atoms with Crippen molar-refractivity contribution in [3.8, 4) is 0 Å². The summed E-state index contributed by atoms with van der Waals surface area (Å²) in [6.45, 7) is 0. The Balaban J connectivity index is 3.75. The maximum atomic E-state index is 13.3. The van der Waals surface area contributed by atoms with Gasteiger partial charge in [0.25, 0.3) is 11.5 Å². The first-order valence-electron chi connectivity index (χ1n) is 3.99. The molecule has 16 heavy (non-hydrogen) atoms. The van der Waals surface area contributed by atoms with Crippen LogP contribution in [0.15, 0.2) is 9.27 Å². The van der Waals surface area contributed by atoms with Gasteiger partial charge in [0.15, 0.2) is 0 Å². The van der Waals surface area contributed by atoms with E-state index in [2.05, 4.69) is 21.2 Å². The molecule has 0 unspecified atom stereocenters. The molecule has 6 nitrogen and oxygen atoms in total. The summed E-state index contributed by atoms with van der Waals surface area (Å²) in [5.74, 6) is -2.28. The third-order valence-electron chi connectivity index (χ3n) is 1.92. The van der Waals surface area contributed by atoms with Gasteiger partial charge >= 0.3 is 0 Å². The van der Waals surface area contributed by atoms with E-state index >= 15 is 0 Å². The van der Waals surface area contributed by atoms with Gasteiger partial charge in [0.2, 0.25) is 12.2 Å². The van der Waals surface area contributed by atoms with Gasteiger partial charge in [-0.05, 0) is 15.9 Å². The highest BCUT2D eigenvalue weighted by molar-refractivity contribution is 9.10. The lowest BCUT2D eigenvalue weighted by Crippen LogP contribution is -2.28. The number of hydrogen-bond donors (Lipinski definition) is 2. The second-order valence-corrected chi connectivity index (χ2v) is 3.64. The smallest absolute Gasteiger partial charge is 0.289 e. The molecule has 1 rings (SSSR count). The highest BCUT2D eigenvalue weighted by Crippen LogP contribution is 2.24. The quantitative estimate of drug-likeness (QED) is 0.765. The number of aromatic nitrogens is 1. The number of amides is 2. The first-order chi connectivity index (χ1) is 7.41. The predicted octanol–water partition coefficient (Wildman–Crippen LogP) is -0.0459. The Hall–Kier alpha value is -1.70. The van der Waals surface area contributed by atoms with Crippen LogP contribution >= 0.6 is 15.9 Å². The van der Waals surface area contributed by atoms with Crippen molar-refractivity contribution >= 4 is 34.1 Å². The van der Waals surface area contributed by atoms with Crippen molar-refractivity contribution in [2.24, 2.45) is 12.8 Å². The highest BCUT2D eigenvalue weighted by atomic mass is 79.9. The number of primary amides is 1. The standard InChI is InChI=1S/C8H7BrFN3O3/c1-13-7(12-2-14)3(6(11)15)4(9)5(10)8(13)16/h2H,1H3,(H2,11,15)(H,12,14). The molecule has 0 aliphatic rings. The van der Waals surface area contributed by atoms with Crippen molar-refractivity contribution in [3.63, 3.8) is 0 Å². The monoisotopic (exact) mass is 291 g/mol. The van der Waals surface area contributed by atoms with E-state index in [1.54, 1.807) is 0 Å². The third kappa shape index (κ3) is 1.83. The lowest BCUT2D eigenvalue weighted by atomic mass is 10.2. The fourth-order valence-corrected chi connectivity index (χ4v) is 1.73. The SMILES string of the molecule is Cn1c(NC=O)c(C(N)=O)c(Br)c(F)c1=O. The summed E-state index contributed by atoms with van der Waals surface area (Å²) in [6.07, 6.45) is 0.256. The lowest BCUT2D eigenvalue weighted by molar-refractivity contribution is -0.105. The third-order valence-corrected chi connectivity index (χ3v) is 2.66. The highest BCUT2D eigenvalue weighted by Gasteiger charge is 2.22. The van der Waals surface area contributed by atoms with Crippen molar-refractivity contribution in [2.75, 3.05) is 5.32 Å². The van der Waals surface area contributed by atoms with Gasteiger partial charge in [0, 0.05) is 7.05 Å². The van der Waals surface area contributed by atoms with Crippen molar-refractivity contribution < 1.29 is 14.0 Å². The maximum absolute atomic E-state index is 13.3. The Morgan fingerprint density at radius 3 is 2.62 bits per heavy atom. The van der Waals surface area contributed by atoms with Crippen LogP contribution < -0.4 is 16.6 Å². The minimum absolute atomic E-state index is 0.166. The summed E-state index contributed by atoms with van der Waals surface area (Å²) in [4.78, 5) is 32.7. The van der Waals surface area contributed by atoms with E-state index in [0.717, 1.165) is 4.57 Å². The molecule has 0 saturated carbocycles. The molecule has 2 amide bonds. The molecule has 0 spiro atoms. The molecule has 1 aromatic heterocycles. The molecule has 0 radical (unpaired) electrons.